The van der Waals surface area contributed by atoms with Crippen LogP contribution in [-0.2, 0) is 0 Å². The molecular weight excluding hydrogens is 226 g/mol. The molecule has 0 fully saturated rings. The number of ketones is 1. The second kappa shape index (κ2) is 4.57. The van der Waals surface area contributed by atoms with Gasteiger partial charge < -0.3 is 4.74 Å². The number of ether oxygens (including phenoxy) is 1. The Kier molecular flexibility index (Phi) is 3.63. The third-order valence-electron chi connectivity index (χ3n) is 1.77. The van der Waals surface area contributed by atoms with Crippen molar-refractivity contribution in [2.24, 2.45) is 0 Å². The van der Waals surface area contributed by atoms with Crippen LogP contribution in [-0.4, -0.2) is 12.4 Å². The number of rotatable bonds is 3. The fourth-order valence-electron chi connectivity index (χ4n) is 1.20. The zero-order valence-electron chi connectivity index (χ0n) is 8.18. The Morgan fingerprint density at radius 2 is 2.07 bits per heavy atom. The van der Waals surface area contributed by atoms with Gasteiger partial charge in [0.15, 0.2) is 11.5 Å². The predicted octanol–water partition coefficient (Wildman–Crippen LogP) is 3.45. The average molecular weight is 235 g/mol. The van der Waals surface area contributed by atoms with Gasteiger partial charge in [0.25, 0.3) is 0 Å². The predicted molar refractivity (Wildman–Crippen MR) is 52.8 cm³/mol. The molecule has 0 atom stereocenters. The van der Waals surface area contributed by atoms with E-state index in [9.17, 15) is 13.6 Å². The largest absolute Gasteiger partial charge is 0.432 e. The molecule has 2 nitrogen and oxygen atoms in total. The fraction of sp³-hybridized carbons (Fsp3) is 0.300. The van der Waals surface area contributed by atoms with Crippen LogP contribution >= 0.6 is 11.6 Å². The number of carbonyl (C=O) groups is 1. The second-order valence-corrected chi connectivity index (χ2v) is 3.47. The Morgan fingerprint density at radius 3 is 2.53 bits per heavy atom. The lowest BCUT2D eigenvalue weighted by molar-refractivity contribution is -0.0500. The van der Waals surface area contributed by atoms with Crippen molar-refractivity contribution in [3.05, 3.63) is 28.3 Å². The van der Waals surface area contributed by atoms with Crippen molar-refractivity contribution in [3.63, 3.8) is 0 Å². The Labute approximate surface area is 90.8 Å². The minimum Gasteiger partial charge on any atom is -0.432 e. The summed E-state index contributed by atoms with van der Waals surface area (Å²) >= 11 is 5.71. The summed E-state index contributed by atoms with van der Waals surface area (Å²) in [6, 6.07) is 2.93. The van der Waals surface area contributed by atoms with E-state index < -0.39 is 6.61 Å². The molecule has 15 heavy (non-hydrogen) atoms. The van der Waals surface area contributed by atoms with Crippen LogP contribution in [0.3, 0.4) is 0 Å². The number of carbonyl (C=O) groups excluding carboxylic acids is 1. The summed E-state index contributed by atoms with van der Waals surface area (Å²) in [6.45, 7) is -0.0169. The molecule has 0 aromatic heterocycles. The lowest BCUT2D eigenvalue weighted by atomic mass is 10.1. The molecule has 0 heterocycles. The topological polar surface area (TPSA) is 26.3 Å². The van der Waals surface area contributed by atoms with Crippen LogP contribution < -0.4 is 4.74 Å². The highest BCUT2D eigenvalue weighted by Crippen LogP contribution is 2.31. The molecule has 1 rings (SSSR count). The van der Waals surface area contributed by atoms with E-state index in [2.05, 4.69) is 4.74 Å². The van der Waals surface area contributed by atoms with Crippen molar-refractivity contribution in [1.29, 1.82) is 0 Å². The van der Waals surface area contributed by atoms with Crippen molar-refractivity contribution < 1.29 is 18.3 Å². The summed E-state index contributed by atoms with van der Waals surface area (Å²) in [5.41, 5.74) is 0.784. The number of Topliss-reactive ketones (excluding diaryl/α,β-unsaturated/α-hetero) is 1. The molecule has 0 amide bonds. The van der Waals surface area contributed by atoms with Gasteiger partial charge in [-0.1, -0.05) is 11.6 Å². The second-order valence-electron chi connectivity index (χ2n) is 3.06. The average Bonchev–Trinajstić information content (AvgIpc) is 2.08. The van der Waals surface area contributed by atoms with Gasteiger partial charge in [-0.05, 0) is 31.5 Å². The molecule has 1 aromatic carbocycles. The molecule has 0 saturated heterocycles. The monoisotopic (exact) mass is 234 g/mol. The number of benzene rings is 1. The van der Waals surface area contributed by atoms with E-state index in [1.54, 1.807) is 6.92 Å². The van der Waals surface area contributed by atoms with Gasteiger partial charge in [-0.25, -0.2) is 0 Å². The highest BCUT2D eigenvalue weighted by Gasteiger charge is 2.17. The van der Waals surface area contributed by atoms with Crippen LogP contribution in [0.4, 0.5) is 8.78 Å². The van der Waals surface area contributed by atoms with E-state index in [1.165, 1.54) is 19.1 Å². The summed E-state index contributed by atoms with van der Waals surface area (Å²) in [6.07, 6.45) is 0. The standard InChI is InChI=1S/C10H9ClF2O2/c1-5-3-7(6(2)14)9(8(11)4-5)15-10(12)13/h3-4,10H,1-2H3. The molecular formula is C10H9ClF2O2. The third-order valence-corrected chi connectivity index (χ3v) is 2.05. The highest BCUT2D eigenvalue weighted by atomic mass is 35.5. The Morgan fingerprint density at radius 1 is 1.47 bits per heavy atom. The molecule has 0 bridgehead atoms. The minimum absolute atomic E-state index is 0.0144. The molecule has 0 saturated carbocycles. The summed E-state index contributed by atoms with van der Waals surface area (Å²) in [5.74, 6) is -0.624. The van der Waals surface area contributed by atoms with Crippen molar-refractivity contribution in [2.45, 2.75) is 20.5 Å². The first kappa shape index (κ1) is 11.9. The molecule has 0 aliphatic heterocycles. The zero-order chi connectivity index (χ0) is 11.6. The van der Waals surface area contributed by atoms with Crippen LogP contribution in [0.5, 0.6) is 5.75 Å². The quantitative estimate of drug-likeness (QED) is 0.749. The third kappa shape index (κ3) is 2.89. The maximum atomic E-state index is 12.1. The Bertz CT molecular complexity index is 391. The zero-order valence-corrected chi connectivity index (χ0v) is 8.94. The lowest BCUT2D eigenvalue weighted by Gasteiger charge is -2.11. The van der Waals surface area contributed by atoms with Crippen LogP contribution in [0, 0.1) is 6.92 Å². The minimum atomic E-state index is -3.00. The van der Waals surface area contributed by atoms with Crippen LogP contribution in [0.25, 0.3) is 0 Å². The molecule has 0 N–H and O–H groups in total. The first-order chi connectivity index (χ1) is 6.91. The van der Waals surface area contributed by atoms with Gasteiger partial charge in [0, 0.05) is 0 Å². The number of hydrogen-bond acceptors (Lipinski definition) is 2. The maximum absolute atomic E-state index is 12.1. The van der Waals surface area contributed by atoms with E-state index in [-0.39, 0.29) is 22.1 Å². The number of aryl methyl sites for hydroxylation is 1. The van der Waals surface area contributed by atoms with E-state index in [0.717, 1.165) is 0 Å². The molecule has 0 radical (unpaired) electrons. The summed E-state index contributed by atoms with van der Waals surface area (Å²) in [7, 11) is 0. The van der Waals surface area contributed by atoms with Gasteiger partial charge >= 0.3 is 6.61 Å². The van der Waals surface area contributed by atoms with Crippen molar-refractivity contribution in [3.8, 4) is 5.75 Å². The molecule has 1 aromatic rings. The van der Waals surface area contributed by atoms with Gasteiger partial charge in [-0.3, -0.25) is 4.79 Å². The van der Waals surface area contributed by atoms with E-state index in [1.807, 2.05) is 0 Å². The van der Waals surface area contributed by atoms with E-state index in [4.69, 9.17) is 11.6 Å². The Hall–Kier alpha value is -1.16. The van der Waals surface area contributed by atoms with E-state index >= 15 is 0 Å². The van der Waals surface area contributed by atoms with Gasteiger partial charge in [0.05, 0.1) is 10.6 Å². The van der Waals surface area contributed by atoms with Gasteiger partial charge in [-0.15, -0.1) is 0 Å². The molecule has 5 heteroatoms. The Balaban J connectivity index is 3.27. The molecule has 0 aliphatic carbocycles. The summed E-state index contributed by atoms with van der Waals surface area (Å²) < 4.78 is 28.3. The highest BCUT2D eigenvalue weighted by molar-refractivity contribution is 6.32. The van der Waals surface area contributed by atoms with Gasteiger partial charge in [-0.2, -0.15) is 8.78 Å². The number of alkyl halides is 2. The first-order valence-corrected chi connectivity index (χ1v) is 4.55. The van der Waals surface area contributed by atoms with Gasteiger partial charge in [0.1, 0.15) is 0 Å². The maximum Gasteiger partial charge on any atom is 0.387 e. The van der Waals surface area contributed by atoms with E-state index in [0.29, 0.717) is 5.56 Å². The number of halogens is 3. The SMILES string of the molecule is CC(=O)c1cc(C)cc(Cl)c1OC(F)F. The fourth-order valence-corrected chi connectivity index (χ4v) is 1.52. The number of hydrogen-bond donors (Lipinski definition) is 0. The summed E-state index contributed by atoms with van der Waals surface area (Å²) in [4.78, 5) is 11.2. The molecule has 0 aliphatic rings. The lowest BCUT2D eigenvalue weighted by Crippen LogP contribution is -2.07. The van der Waals surface area contributed by atoms with Gasteiger partial charge in [0.2, 0.25) is 0 Å². The van der Waals surface area contributed by atoms with Crippen molar-refractivity contribution >= 4 is 17.4 Å². The molecule has 0 unspecified atom stereocenters. The van der Waals surface area contributed by atoms with Crippen LogP contribution in [0.15, 0.2) is 12.1 Å². The molecule has 0 spiro atoms. The first-order valence-electron chi connectivity index (χ1n) is 4.17. The smallest absolute Gasteiger partial charge is 0.387 e. The van der Waals surface area contributed by atoms with Crippen molar-refractivity contribution in [1.82, 2.24) is 0 Å². The van der Waals surface area contributed by atoms with Crippen LogP contribution in [0.2, 0.25) is 5.02 Å². The van der Waals surface area contributed by atoms with Crippen molar-refractivity contribution in [2.75, 3.05) is 0 Å². The normalized spacial score (nSPS) is 10.5. The summed E-state index contributed by atoms with van der Waals surface area (Å²) in [5, 5.41) is 0.0144. The van der Waals surface area contributed by atoms with Crippen LogP contribution in [0.1, 0.15) is 22.8 Å². The molecule has 82 valence electrons.